The van der Waals surface area contributed by atoms with Crippen LogP contribution >= 0.6 is 0 Å². The maximum atomic E-state index is 15.7. The fraction of sp³-hybridized carbons (Fsp3) is 0.415. The Balaban J connectivity index is 1.08. The van der Waals surface area contributed by atoms with E-state index in [-0.39, 0.29) is 48.1 Å². The van der Waals surface area contributed by atoms with Gasteiger partial charge in [-0.1, -0.05) is 85.7 Å². The van der Waals surface area contributed by atoms with E-state index in [1.807, 2.05) is 67.6 Å². The van der Waals surface area contributed by atoms with Crippen LogP contribution in [0.5, 0.6) is 28.7 Å². The molecule has 12 nitrogen and oxygen atoms in total. The number of fused-ring (bicyclic) bond motifs is 7. The van der Waals surface area contributed by atoms with Gasteiger partial charge >= 0.3 is 11.9 Å². The lowest BCUT2D eigenvalue weighted by Crippen LogP contribution is -2.56. The number of aromatic hydroxyl groups is 3. The molecule has 0 aromatic heterocycles. The normalized spacial score (nSPS) is 23.4. The molecule has 404 valence electrons. The van der Waals surface area contributed by atoms with E-state index in [0.717, 1.165) is 86.7 Å². The van der Waals surface area contributed by atoms with Gasteiger partial charge in [0.25, 0.3) is 0 Å². The smallest absolute Gasteiger partial charge is 0.316 e. The Labute approximate surface area is 452 Å². The molecule has 5 N–H and O–H groups in total. The molecule has 2 saturated carbocycles. The summed E-state index contributed by atoms with van der Waals surface area (Å²) in [7, 11) is 3.05. The third kappa shape index (κ3) is 10.5. The molecular formula is C65H73NO11. The summed E-state index contributed by atoms with van der Waals surface area (Å²) in [5, 5.41) is 51.0. The van der Waals surface area contributed by atoms with Gasteiger partial charge in [0.05, 0.1) is 26.2 Å². The molecule has 10 rings (SSSR count). The fourth-order valence-corrected chi connectivity index (χ4v) is 14.1. The minimum Gasteiger partial charge on any atom is -0.508 e. The van der Waals surface area contributed by atoms with Crippen molar-refractivity contribution in [2.75, 3.05) is 40.6 Å². The van der Waals surface area contributed by atoms with Crippen molar-refractivity contribution in [3.63, 3.8) is 0 Å². The van der Waals surface area contributed by atoms with Crippen LogP contribution in [-0.4, -0.2) is 85.2 Å². The van der Waals surface area contributed by atoms with E-state index < -0.39 is 40.8 Å². The highest BCUT2D eigenvalue weighted by molar-refractivity contribution is 5.99. The summed E-state index contributed by atoms with van der Waals surface area (Å²) in [6, 6.07) is 35.3. The van der Waals surface area contributed by atoms with E-state index in [4.69, 9.17) is 23.7 Å². The molecule has 77 heavy (non-hydrogen) atoms. The summed E-state index contributed by atoms with van der Waals surface area (Å²) in [5.74, 6) is -1.57. The van der Waals surface area contributed by atoms with Crippen molar-refractivity contribution in [3.8, 4) is 39.9 Å². The zero-order valence-electron chi connectivity index (χ0n) is 44.8. The largest absolute Gasteiger partial charge is 0.508 e. The van der Waals surface area contributed by atoms with Gasteiger partial charge in [0.2, 0.25) is 0 Å². The van der Waals surface area contributed by atoms with E-state index in [0.29, 0.717) is 69.8 Å². The molecule has 4 aliphatic carbocycles. The van der Waals surface area contributed by atoms with Crippen molar-refractivity contribution in [3.05, 3.63) is 154 Å². The Kier molecular flexibility index (Phi) is 16.0. The summed E-state index contributed by atoms with van der Waals surface area (Å²) in [4.78, 5) is 29.3. The van der Waals surface area contributed by atoms with Crippen LogP contribution in [-0.2, 0) is 48.6 Å². The van der Waals surface area contributed by atoms with E-state index >= 15 is 4.79 Å². The topological polar surface area (TPSA) is 173 Å². The summed E-state index contributed by atoms with van der Waals surface area (Å²) in [6.07, 6.45) is 8.76. The number of aryl methyl sites for hydroxylation is 1. The van der Waals surface area contributed by atoms with Crippen molar-refractivity contribution in [2.24, 2.45) is 17.3 Å². The fourth-order valence-electron chi connectivity index (χ4n) is 14.1. The van der Waals surface area contributed by atoms with Gasteiger partial charge in [-0.3, -0.25) is 9.59 Å². The number of phenols is 3. The standard InChI is InChI=1S/C65H73NO11/c1-5-75-26-12-25-66-38-42-15-11-16-43(27-42)51-33-48(69)28-44-17-19-47(32-50(44)51)64(22-9-10-23-64)63(72)77-49-34-54-52-37-62(74-4)58(70)30-45(52)18-20-55(54)65(24-21-41-13-7-6-8-14-41)56(60(35-49)76-40(2)68)29-46-31-61(73-3)59(71)36-53(46)57(65)39-67/h6-8,11,13-17,19,21,24,27-28,30-33,36-37,49,54-57,60,66-67,69-71H,5,9-10,12,18,20,22-23,25-26,29,34-35,38-39H2,1-4H3. The number of aliphatic hydroxyl groups excluding tert-OH is 1. The van der Waals surface area contributed by atoms with Crippen LogP contribution in [0.25, 0.3) is 28.0 Å². The van der Waals surface area contributed by atoms with E-state index in [9.17, 15) is 25.2 Å². The van der Waals surface area contributed by atoms with Crippen LogP contribution < -0.4 is 14.8 Å². The quantitative estimate of drug-likeness (QED) is 0.0433. The van der Waals surface area contributed by atoms with Crippen LogP contribution in [0.3, 0.4) is 0 Å². The third-order valence-electron chi connectivity index (χ3n) is 17.5. The predicted molar refractivity (Wildman–Crippen MR) is 297 cm³/mol. The minimum atomic E-state index is -0.985. The highest BCUT2D eigenvalue weighted by Crippen LogP contribution is 2.65. The Morgan fingerprint density at radius 3 is 2.32 bits per heavy atom. The van der Waals surface area contributed by atoms with E-state index in [1.54, 1.807) is 24.3 Å². The van der Waals surface area contributed by atoms with Crippen LogP contribution in [0.4, 0.5) is 0 Å². The van der Waals surface area contributed by atoms with Crippen LogP contribution in [0.15, 0.2) is 115 Å². The molecule has 0 aliphatic heterocycles. The van der Waals surface area contributed by atoms with Crippen molar-refractivity contribution in [2.45, 2.75) is 114 Å². The number of hydrogen-bond donors (Lipinski definition) is 5. The van der Waals surface area contributed by atoms with Gasteiger partial charge in [-0.2, -0.15) is 0 Å². The molecule has 4 aliphatic rings. The number of esters is 2. The number of ether oxygens (including phenoxy) is 5. The lowest BCUT2D eigenvalue weighted by molar-refractivity contribution is -0.169. The number of allylic oxidation sites excluding steroid dienone is 1. The number of rotatable bonds is 17. The summed E-state index contributed by atoms with van der Waals surface area (Å²) in [5.41, 5.74) is 6.46. The van der Waals surface area contributed by atoms with Gasteiger partial charge in [0.1, 0.15) is 18.0 Å². The Hall–Kier alpha value is -6.86. The molecule has 7 unspecified atom stereocenters. The van der Waals surface area contributed by atoms with Crippen LogP contribution in [0.2, 0.25) is 0 Å². The number of nitrogens with one attached hydrogen (secondary N) is 1. The van der Waals surface area contributed by atoms with Gasteiger partial charge in [0, 0.05) is 50.4 Å². The molecule has 0 amide bonds. The molecule has 6 aromatic carbocycles. The van der Waals surface area contributed by atoms with Crippen molar-refractivity contribution >= 4 is 28.8 Å². The maximum Gasteiger partial charge on any atom is 0.316 e. The van der Waals surface area contributed by atoms with E-state index in [1.165, 1.54) is 21.1 Å². The van der Waals surface area contributed by atoms with Gasteiger partial charge in [0.15, 0.2) is 23.0 Å². The Morgan fingerprint density at radius 2 is 1.57 bits per heavy atom. The van der Waals surface area contributed by atoms with Crippen LogP contribution in [0.1, 0.15) is 116 Å². The SMILES string of the molecule is CCOCCCNCc1cccc(-c2cc(O)cc3ccc(C4(C(=O)OC5CC(OC(C)=O)C6Cc7cc(OC)c(O)cc7C(CO)C6(C=Cc6ccccc6)C6CCc7cc(O)c(OC)cc7C6C5)CCCC4)cc23)c1. The van der Waals surface area contributed by atoms with Crippen molar-refractivity contribution < 1.29 is 53.7 Å². The summed E-state index contributed by atoms with van der Waals surface area (Å²) in [6.45, 7) is 6.06. The second-order valence-electron chi connectivity index (χ2n) is 21.8. The molecule has 6 aromatic rings. The van der Waals surface area contributed by atoms with Crippen molar-refractivity contribution in [1.82, 2.24) is 5.32 Å². The zero-order chi connectivity index (χ0) is 53.8. The molecule has 12 heteroatoms. The first-order chi connectivity index (χ1) is 37.4. The number of benzene rings is 6. The third-order valence-corrected chi connectivity index (χ3v) is 17.5. The number of carbonyl (C=O) groups is 2. The number of hydrogen-bond acceptors (Lipinski definition) is 12. The Morgan fingerprint density at radius 1 is 0.792 bits per heavy atom. The van der Waals surface area contributed by atoms with Gasteiger partial charge < -0.3 is 49.4 Å². The monoisotopic (exact) mass is 1040 g/mol. The molecule has 7 atom stereocenters. The lowest BCUT2D eigenvalue weighted by atomic mass is 9.46. The first-order valence-electron chi connectivity index (χ1n) is 27.6. The van der Waals surface area contributed by atoms with Gasteiger partial charge in [-0.25, -0.2) is 0 Å². The number of carbonyl (C=O) groups excluding carboxylic acids is 2. The maximum absolute atomic E-state index is 15.7. The Bertz CT molecular complexity index is 3130. The molecule has 0 heterocycles. The average molecular weight is 1040 g/mol. The lowest BCUT2D eigenvalue weighted by Gasteiger charge is -2.59. The number of phenolic OH excluding ortho intramolecular Hbond substituents is 3. The average Bonchev–Trinajstić information content (AvgIpc) is 4.08. The molecule has 0 bridgehead atoms. The van der Waals surface area contributed by atoms with E-state index in [2.05, 4.69) is 41.7 Å². The number of methoxy groups -OCH3 is 2. The first-order valence-corrected chi connectivity index (χ1v) is 27.6. The van der Waals surface area contributed by atoms with Gasteiger partial charge in [-0.15, -0.1) is 0 Å². The summed E-state index contributed by atoms with van der Waals surface area (Å²) < 4.78 is 30.6. The highest BCUT2D eigenvalue weighted by atomic mass is 16.6. The molecule has 2 fully saturated rings. The molecule has 0 saturated heterocycles. The predicted octanol–water partition coefficient (Wildman–Crippen LogP) is 11.6. The van der Waals surface area contributed by atoms with Gasteiger partial charge in [-0.05, 0) is 180 Å². The molecular weight excluding hydrogens is 971 g/mol. The second kappa shape index (κ2) is 23.0. The molecule has 0 spiro atoms. The second-order valence-corrected chi connectivity index (χ2v) is 21.8. The zero-order valence-corrected chi connectivity index (χ0v) is 44.8. The number of aliphatic hydroxyl groups is 1. The minimum absolute atomic E-state index is 0.0332. The van der Waals surface area contributed by atoms with Crippen molar-refractivity contribution in [1.29, 1.82) is 0 Å². The highest BCUT2D eigenvalue weighted by Gasteiger charge is 2.60. The molecule has 0 radical (unpaired) electrons. The summed E-state index contributed by atoms with van der Waals surface area (Å²) >= 11 is 0. The van der Waals surface area contributed by atoms with Crippen LogP contribution in [0, 0.1) is 17.3 Å². The first kappa shape index (κ1) is 53.5.